The van der Waals surface area contributed by atoms with Gasteiger partial charge in [-0.25, -0.2) is 0 Å². The van der Waals surface area contributed by atoms with Crippen LogP contribution in [0.3, 0.4) is 0 Å². The molecule has 1 rings (SSSR count). The van der Waals surface area contributed by atoms with Gasteiger partial charge in [-0.2, -0.15) is 0 Å². The third-order valence-corrected chi connectivity index (χ3v) is 2.85. The Morgan fingerprint density at radius 1 is 1.35 bits per heavy atom. The van der Waals surface area contributed by atoms with Crippen molar-refractivity contribution >= 4 is 11.8 Å². The number of hydrogen-bond acceptors (Lipinski definition) is 3. The molecule has 5 heteroatoms. The molecule has 20 heavy (non-hydrogen) atoms. The summed E-state index contributed by atoms with van der Waals surface area (Å²) in [7, 11) is 1.58. The highest BCUT2D eigenvalue weighted by Crippen LogP contribution is 2.14. The van der Waals surface area contributed by atoms with Gasteiger partial charge in [-0.3, -0.25) is 9.59 Å². The van der Waals surface area contributed by atoms with Gasteiger partial charge in [0.15, 0.2) is 0 Å². The first kappa shape index (κ1) is 16.0. The number of benzene rings is 1. The Morgan fingerprint density at radius 3 is 2.60 bits per heavy atom. The maximum absolute atomic E-state index is 11.7. The van der Waals surface area contributed by atoms with E-state index in [0.717, 1.165) is 5.56 Å². The third kappa shape index (κ3) is 5.30. The molecule has 0 saturated carbocycles. The molecule has 0 aliphatic rings. The molecule has 0 saturated heterocycles. The molecule has 0 aromatic heterocycles. The molecular weight excluding hydrogens is 256 g/mol. The number of methoxy groups -OCH3 is 1. The van der Waals surface area contributed by atoms with Crippen molar-refractivity contribution in [1.82, 2.24) is 5.32 Å². The van der Waals surface area contributed by atoms with Gasteiger partial charge >= 0.3 is 0 Å². The Bertz CT molecular complexity index is 472. The number of nitrogens with one attached hydrogen (secondary N) is 1. The summed E-state index contributed by atoms with van der Waals surface area (Å²) in [5.74, 6) is 0.246. The molecule has 0 spiro atoms. The minimum atomic E-state index is -0.701. The van der Waals surface area contributed by atoms with Gasteiger partial charge in [0.1, 0.15) is 11.8 Å². The minimum Gasteiger partial charge on any atom is -0.497 e. The topological polar surface area (TPSA) is 81.4 Å². The number of amides is 2. The van der Waals surface area contributed by atoms with Crippen LogP contribution >= 0.6 is 0 Å². The molecular formula is C15H22N2O3. The molecule has 1 aromatic carbocycles. The summed E-state index contributed by atoms with van der Waals surface area (Å²) in [6, 6.07) is 6.65. The summed E-state index contributed by atoms with van der Waals surface area (Å²) in [6.07, 6.45) is 0.734. The lowest BCUT2D eigenvalue weighted by Crippen LogP contribution is -2.46. The van der Waals surface area contributed by atoms with Crippen LogP contribution in [-0.4, -0.2) is 25.0 Å². The monoisotopic (exact) mass is 278 g/mol. The van der Waals surface area contributed by atoms with Gasteiger partial charge in [-0.05, 0) is 23.6 Å². The Hall–Kier alpha value is -2.04. The molecule has 2 amide bonds. The summed E-state index contributed by atoms with van der Waals surface area (Å²) in [5, 5.41) is 2.68. The second-order valence-corrected chi connectivity index (χ2v) is 5.18. The van der Waals surface area contributed by atoms with E-state index >= 15 is 0 Å². The van der Waals surface area contributed by atoms with Crippen molar-refractivity contribution in [2.24, 2.45) is 11.7 Å². The summed E-state index contributed by atoms with van der Waals surface area (Å²) in [4.78, 5) is 23.2. The molecule has 110 valence electrons. The highest BCUT2D eigenvalue weighted by molar-refractivity contribution is 5.86. The van der Waals surface area contributed by atoms with E-state index in [1.807, 2.05) is 38.1 Å². The Morgan fingerprint density at radius 2 is 2.05 bits per heavy atom. The minimum absolute atomic E-state index is 0.160. The highest BCUT2D eigenvalue weighted by Gasteiger charge is 2.19. The molecule has 0 unspecified atom stereocenters. The number of carbonyl (C=O) groups is 2. The predicted molar refractivity (Wildman–Crippen MR) is 77.3 cm³/mol. The largest absolute Gasteiger partial charge is 0.497 e. The van der Waals surface area contributed by atoms with E-state index in [1.165, 1.54) is 0 Å². The molecule has 0 fully saturated rings. The van der Waals surface area contributed by atoms with Gasteiger partial charge in [0, 0.05) is 12.8 Å². The maximum Gasteiger partial charge on any atom is 0.240 e. The van der Waals surface area contributed by atoms with E-state index in [9.17, 15) is 9.59 Å². The average molecular weight is 278 g/mol. The number of hydrogen-bond donors (Lipinski definition) is 2. The molecule has 3 N–H and O–H groups in total. The van der Waals surface area contributed by atoms with Gasteiger partial charge < -0.3 is 15.8 Å². The normalized spacial score (nSPS) is 12.0. The molecule has 0 heterocycles. The molecule has 1 atom stereocenters. The van der Waals surface area contributed by atoms with Gasteiger partial charge in [0.2, 0.25) is 11.8 Å². The van der Waals surface area contributed by atoms with Crippen LogP contribution < -0.4 is 15.8 Å². The smallest absolute Gasteiger partial charge is 0.240 e. The van der Waals surface area contributed by atoms with Gasteiger partial charge in [0.25, 0.3) is 0 Å². The average Bonchev–Trinajstić information content (AvgIpc) is 2.37. The standard InChI is InChI=1S/C15H22N2O3/c1-10(2)7-14(18)17-13(15(16)19)9-11-5-4-6-12(8-11)20-3/h4-6,8,10,13H,7,9H2,1-3H3,(H2,16,19)(H,17,18)/t13-/m0/s1. The van der Waals surface area contributed by atoms with E-state index < -0.39 is 11.9 Å². The summed E-state index contributed by atoms with van der Waals surface area (Å²) in [6.45, 7) is 3.89. The Balaban J connectivity index is 2.71. The fourth-order valence-corrected chi connectivity index (χ4v) is 1.88. The Kier molecular flexibility index (Phi) is 6.03. The number of ether oxygens (including phenoxy) is 1. The molecule has 1 aromatic rings. The van der Waals surface area contributed by atoms with Crippen LogP contribution in [0.15, 0.2) is 24.3 Å². The van der Waals surface area contributed by atoms with Gasteiger partial charge in [0.05, 0.1) is 7.11 Å². The van der Waals surface area contributed by atoms with E-state index in [-0.39, 0.29) is 11.8 Å². The number of carbonyl (C=O) groups excluding carboxylic acids is 2. The van der Waals surface area contributed by atoms with Crippen LogP contribution in [0.2, 0.25) is 0 Å². The van der Waals surface area contributed by atoms with E-state index in [0.29, 0.717) is 18.6 Å². The van der Waals surface area contributed by atoms with E-state index in [1.54, 1.807) is 7.11 Å². The van der Waals surface area contributed by atoms with Crippen molar-refractivity contribution in [2.75, 3.05) is 7.11 Å². The molecule has 0 aliphatic carbocycles. The van der Waals surface area contributed by atoms with Crippen molar-refractivity contribution in [3.63, 3.8) is 0 Å². The van der Waals surface area contributed by atoms with Crippen LogP contribution in [0, 0.1) is 5.92 Å². The first-order valence-corrected chi connectivity index (χ1v) is 6.64. The molecule has 0 aliphatic heterocycles. The van der Waals surface area contributed by atoms with Crippen LogP contribution in [0.5, 0.6) is 5.75 Å². The predicted octanol–water partition coefficient (Wildman–Crippen LogP) is 1.25. The van der Waals surface area contributed by atoms with Crippen LogP contribution in [-0.2, 0) is 16.0 Å². The second-order valence-electron chi connectivity index (χ2n) is 5.18. The zero-order valence-electron chi connectivity index (χ0n) is 12.2. The lowest BCUT2D eigenvalue weighted by Gasteiger charge is -2.16. The van der Waals surface area contributed by atoms with Crippen molar-refractivity contribution in [2.45, 2.75) is 32.7 Å². The number of rotatable bonds is 7. The summed E-state index contributed by atoms with van der Waals surface area (Å²) < 4.78 is 5.13. The highest BCUT2D eigenvalue weighted by atomic mass is 16.5. The first-order chi connectivity index (χ1) is 9.42. The fourth-order valence-electron chi connectivity index (χ4n) is 1.88. The van der Waals surface area contributed by atoms with Crippen molar-refractivity contribution in [3.05, 3.63) is 29.8 Å². The van der Waals surface area contributed by atoms with Gasteiger partial charge in [-0.1, -0.05) is 26.0 Å². The quantitative estimate of drug-likeness (QED) is 0.787. The van der Waals surface area contributed by atoms with Crippen LogP contribution in [0.4, 0.5) is 0 Å². The SMILES string of the molecule is COc1cccc(C[C@H](NC(=O)CC(C)C)C(N)=O)c1. The second kappa shape index (κ2) is 7.53. The maximum atomic E-state index is 11.7. The van der Waals surface area contributed by atoms with Crippen molar-refractivity contribution < 1.29 is 14.3 Å². The Labute approximate surface area is 119 Å². The third-order valence-electron chi connectivity index (χ3n) is 2.85. The molecule has 5 nitrogen and oxygen atoms in total. The number of primary amides is 1. The van der Waals surface area contributed by atoms with Crippen LogP contribution in [0.1, 0.15) is 25.8 Å². The fraction of sp³-hybridized carbons (Fsp3) is 0.467. The van der Waals surface area contributed by atoms with Crippen LogP contribution in [0.25, 0.3) is 0 Å². The lowest BCUT2D eigenvalue weighted by molar-refractivity contribution is -0.127. The van der Waals surface area contributed by atoms with E-state index in [4.69, 9.17) is 10.5 Å². The molecule has 0 radical (unpaired) electrons. The zero-order chi connectivity index (χ0) is 15.1. The van der Waals surface area contributed by atoms with Crippen molar-refractivity contribution in [3.8, 4) is 5.75 Å². The molecule has 0 bridgehead atoms. The zero-order valence-corrected chi connectivity index (χ0v) is 12.2. The number of nitrogens with two attached hydrogens (primary N) is 1. The van der Waals surface area contributed by atoms with Gasteiger partial charge in [-0.15, -0.1) is 0 Å². The lowest BCUT2D eigenvalue weighted by atomic mass is 10.0. The summed E-state index contributed by atoms with van der Waals surface area (Å²) in [5.41, 5.74) is 6.24. The van der Waals surface area contributed by atoms with Crippen molar-refractivity contribution in [1.29, 1.82) is 0 Å². The first-order valence-electron chi connectivity index (χ1n) is 6.64. The summed E-state index contributed by atoms with van der Waals surface area (Å²) >= 11 is 0. The van der Waals surface area contributed by atoms with E-state index in [2.05, 4.69) is 5.32 Å².